The second-order valence-corrected chi connectivity index (χ2v) is 14.7. The molecular formula is C49H42N2. The van der Waals surface area contributed by atoms with Crippen molar-refractivity contribution in [1.82, 2.24) is 9.80 Å². The van der Waals surface area contributed by atoms with E-state index < -0.39 is 0 Å². The van der Waals surface area contributed by atoms with Gasteiger partial charge in [0.2, 0.25) is 0 Å². The van der Waals surface area contributed by atoms with Gasteiger partial charge in [-0.1, -0.05) is 170 Å². The van der Waals surface area contributed by atoms with E-state index in [1.807, 2.05) is 0 Å². The van der Waals surface area contributed by atoms with E-state index in [2.05, 4.69) is 180 Å². The van der Waals surface area contributed by atoms with Crippen LogP contribution in [0.15, 0.2) is 170 Å². The van der Waals surface area contributed by atoms with Crippen LogP contribution in [0.2, 0.25) is 0 Å². The lowest BCUT2D eigenvalue weighted by atomic mass is 9.96. The fourth-order valence-corrected chi connectivity index (χ4v) is 9.81. The summed E-state index contributed by atoms with van der Waals surface area (Å²) in [6.45, 7) is 0.892. The van der Waals surface area contributed by atoms with Gasteiger partial charge in [0.15, 0.2) is 0 Å². The molecule has 0 radical (unpaired) electrons. The fourth-order valence-electron chi connectivity index (χ4n) is 9.81. The number of fused-ring (bicyclic) bond motifs is 4. The predicted octanol–water partition coefficient (Wildman–Crippen LogP) is 12.7. The van der Waals surface area contributed by atoms with Crippen LogP contribution in [0.25, 0.3) is 43.1 Å². The first-order chi connectivity index (χ1) is 25.3. The number of nitrogens with zero attached hydrogens (tertiary/aromatic N) is 2. The molecule has 0 aliphatic carbocycles. The third-order valence-corrected chi connectivity index (χ3v) is 12.1. The Balaban J connectivity index is 1.16. The highest BCUT2D eigenvalue weighted by Gasteiger charge is 2.43. The molecule has 2 heterocycles. The second kappa shape index (κ2) is 12.8. The third-order valence-electron chi connectivity index (χ3n) is 12.1. The summed E-state index contributed by atoms with van der Waals surface area (Å²) < 4.78 is 0. The van der Waals surface area contributed by atoms with Gasteiger partial charge in [-0.05, 0) is 91.0 Å². The molecule has 51 heavy (non-hydrogen) atoms. The average Bonchev–Trinajstić information content (AvgIpc) is 3.81. The van der Waals surface area contributed by atoms with Crippen LogP contribution in [-0.2, 0) is 0 Å². The van der Waals surface area contributed by atoms with Gasteiger partial charge in [-0.2, -0.15) is 0 Å². The van der Waals surface area contributed by atoms with Crippen molar-refractivity contribution in [3.8, 4) is 0 Å². The molecule has 8 aromatic carbocycles. The van der Waals surface area contributed by atoms with Gasteiger partial charge in [-0.15, -0.1) is 0 Å². The highest BCUT2D eigenvalue weighted by atomic mass is 15.4. The Bertz CT molecular complexity index is 2160. The molecule has 10 rings (SSSR count). The number of hydrogen-bond acceptors (Lipinski definition) is 2. The molecular weight excluding hydrogens is 617 g/mol. The third kappa shape index (κ3) is 5.25. The first-order valence-electron chi connectivity index (χ1n) is 18.7. The lowest BCUT2D eigenvalue weighted by molar-refractivity contribution is 0.0541. The molecule has 8 aromatic rings. The van der Waals surface area contributed by atoms with Crippen molar-refractivity contribution in [2.45, 2.75) is 49.9 Å². The highest BCUT2D eigenvalue weighted by Crippen LogP contribution is 2.52. The Hall–Kier alpha value is -5.28. The second-order valence-electron chi connectivity index (χ2n) is 14.7. The molecule has 2 saturated heterocycles. The van der Waals surface area contributed by atoms with Gasteiger partial charge >= 0.3 is 0 Å². The normalized spacial score (nSPS) is 21.3. The molecule has 0 amide bonds. The Kier molecular flexibility index (Phi) is 7.66. The van der Waals surface area contributed by atoms with E-state index in [-0.39, 0.29) is 0 Å². The average molecular weight is 659 g/mol. The molecule has 0 spiro atoms. The van der Waals surface area contributed by atoms with Crippen molar-refractivity contribution in [2.75, 3.05) is 6.67 Å². The number of likely N-dealkylation sites (tertiary alicyclic amines) is 2. The summed E-state index contributed by atoms with van der Waals surface area (Å²) >= 11 is 0. The van der Waals surface area contributed by atoms with Gasteiger partial charge in [0.25, 0.3) is 0 Å². The molecule has 0 N–H and O–H groups in total. The molecule has 0 aromatic heterocycles. The molecule has 0 saturated carbocycles. The summed E-state index contributed by atoms with van der Waals surface area (Å²) in [4.78, 5) is 5.79. The first kappa shape index (κ1) is 30.5. The minimum Gasteiger partial charge on any atom is -0.276 e. The molecule has 2 aliphatic heterocycles. The van der Waals surface area contributed by atoms with Crippen molar-refractivity contribution in [3.63, 3.8) is 0 Å². The van der Waals surface area contributed by atoms with Crippen LogP contribution in [0.5, 0.6) is 0 Å². The van der Waals surface area contributed by atoms with E-state index in [0.717, 1.165) is 32.4 Å². The molecule has 4 atom stereocenters. The van der Waals surface area contributed by atoms with Gasteiger partial charge in [0.1, 0.15) is 0 Å². The van der Waals surface area contributed by atoms with Crippen LogP contribution in [0, 0.1) is 0 Å². The van der Waals surface area contributed by atoms with Crippen LogP contribution in [-0.4, -0.2) is 16.5 Å². The predicted molar refractivity (Wildman–Crippen MR) is 214 cm³/mol. The maximum Gasteiger partial charge on any atom is 0.0529 e. The number of benzene rings is 8. The SMILES string of the molecule is c1ccc2c([C@@H]3CC[C@@H](c4cccc5ccccc45)N3CN3[C@H](c4cccc5ccccc45)CC[C@H]3c3cccc4ccccc34)cccc2c1. The minimum absolute atomic E-state index is 0.307. The van der Waals surface area contributed by atoms with Gasteiger partial charge in [0.05, 0.1) is 6.67 Å². The highest BCUT2D eigenvalue weighted by molar-refractivity contribution is 5.89. The Morgan fingerprint density at radius 3 is 0.804 bits per heavy atom. The van der Waals surface area contributed by atoms with E-state index in [1.54, 1.807) is 0 Å². The quantitative estimate of drug-likeness (QED) is 0.175. The number of hydrogen-bond donors (Lipinski definition) is 0. The van der Waals surface area contributed by atoms with Crippen molar-refractivity contribution < 1.29 is 0 Å². The fraction of sp³-hybridized carbons (Fsp3) is 0.184. The monoisotopic (exact) mass is 658 g/mol. The van der Waals surface area contributed by atoms with Crippen LogP contribution in [0.4, 0.5) is 0 Å². The van der Waals surface area contributed by atoms with Crippen molar-refractivity contribution >= 4 is 43.1 Å². The van der Waals surface area contributed by atoms with Crippen LogP contribution < -0.4 is 0 Å². The van der Waals surface area contributed by atoms with Crippen molar-refractivity contribution in [1.29, 1.82) is 0 Å². The Labute approximate surface area is 300 Å². The maximum absolute atomic E-state index is 2.89. The van der Waals surface area contributed by atoms with Gasteiger partial charge in [-0.25, -0.2) is 0 Å². The summed E-state index contributed by atoms with van der Waals surface area (Å²) in [5, 5.41) is 10.8. The van der Waals surface area contributed by atoms with Crippen molar-refractivity contribution in [3.05, 3.63) is 192 Å². The van der Waals surface area contributed by atoms with E-state index in [9.17, 15) is 0 Å². The zero-order chi connectivity index (χ0) is 33.7. The number of rotatable bonds is 6. The topological polar surface area (TPSA) is 6.48 Å². The van der Waals surface area contributed by atoms with Gasteiger partial charge in [-0.3, -0.25) is 9.80 Å². The van der Waals surface area contributed by atoms with E-state index in [1.165, 1.54) is 65.3 Å². The maximum atomic E-state index is 2.89. The molecule has 2 heteroatoms. The summed E-state index contributed by atoms with van der Waals surface area (Å²) in [5.41, 5.74) is 5.83. The van der Waals surface area contributed by atoms with Crippen LogP contribution in [0.3, 0.4) is 0 Å². The summed E-state index contributed by atoms with van der Waals surface area (Å²) in [6.07, 6.45) is 4.53. The molecule has 2 fully saturated rings. The lowest BCUT2D eigenvalue weighted by Crippen LogP contribution is -2.40. The van der Waals surface area contributed by atoms with Crippen molar-refractivity contribution in [2.24, 2.45) is 0 Å². The summed E-state index contributed by atoms with van der Waals surface area (Å²) in [6, 6.07) is 65.0. The first-order valence-corrected chi connectivity index (χ1v) is 18.7. The molecule has 2 aliphatic rings. The summed E-state index contributed by atoms with van der Waals surface area (Å²) in [7, 11) is 0. The Morgan fingerprint density at radius 1 is 0.294 bits per heavy atom. The van der Waals surface area contributed by atoms with E-state index in [4.69, 9.17) is 0 Å². The standard InChI is InChI=1S/C49H42N2/c1-5-21-38-34(13-1)17-9-25-42(38)46-29-30-47(43-26-10-18-35-14-2-6-22-39(35)43)50(46)33-51-48(44-27-11-19-36-15-3-7-23-40(36)44)31-32-49(51)45-28-12-20-37-16-4-8-24-41(37)45/h1-28,46-49H,29-33H2/t46-,47-,48-,49-/m0/s1. The molecule has 0 bridgehead atoms. The molecule has 248 valence electrons. The largest absolute Gasteiger partial charge is 0.276 e. The van der Waals surface area contributed by atoms with Gasteiger partial charge < -0.3 is 0 Å². The van der Waals surface area contributed by atoms with Crippen LogP contribution in [0.1, 0.15) is 72.1 Å². The Morgan fingerprint density at radius 2 is 0.529 bits per heavy atom. The zero-order valence-corrected chi connectivity index (χ0v) is 28.9. The lowest BCUT2D eigenvalue weighted by Gasteiger charge is -2.40. The smallest absolute Gasteiger partial charge is 0.0529 e. The van der Waals surface area contributed by atoms with E-state index in [0.29, 0.717) is 24.2 Å². The van der Waals surface area contributed by atoms with Gasteiger partial charge in [0, 0.05) is 24.2 Å². The summed E-state index contributed by atoms with van der Waals surface area (Å²) in [5.74, 6) is 0. The molecule has 0 unspecified atom stereocenters. The van der Waals surface area contributed by atoms with Crippen LogP contribution >= 0.6 is 0 Å². The molecule has 2 nitrogen and oxygen atoms in total. The zero-order valence-electron chi connectivity index (χ0n) is 28.9. The van der Waals surface area contributed by atoms with E-state index >= 15 is 0 Å². The minimum atomic E-state index is 0.307.